The Bertz CT molecular complexity index is 1510. The summed E-state index contributed by atoms with van der Waals surface area (Å²) in [5, 5.41) is 15.0. The average Bonchev–Trinajstić information content (AvgIpc) is 3.47. The van der Waals surface area contributed by atoms with Gasteiger partial charge in [-0.15, -0.1) is 11.3 Å². The number of aryl methyl sites for hydroxylation is 2. The molecule has 36 heavy (non-hydrogen) atoms. The van der Waals surface area contributed by atoms with Crippen molar-refractivity contribution < 1.29 is 0 Å². The second kappa shape index (κ2) is 9.68. The molecule has 0 aliphatic carbocycles. The quantitative estimate of drug-likeness (QED) is 0.382. The van der Waals surface area contributed by atoms with Gasteiger partial charge in [-0.2, -0.15) is 10.4 Å². The largest absolute Gasteiger partial charge is 0.364 e. The molecule has 4 aromatic rings. The minimum Gasteiger partial charge on any atom is -0.364 e. The number of nitriles is 1. The Morgan fingerprint density at radius 2 is 1.97 bits per heavy atom. The van der Waals surface area contributed by atoms with Crippen LogP contribution in [0.3, 0.4) is 0 Å². The number of thiazole rings is 1. The molecule has 0 amide bonds. The van der Waals surface area contributed by atoms with E-state index in [9.17, 15) is 10.1 Å². The highest BCUT2D eigenvalue weighted by molar-refractivity contribution is 7.18. The highest BCUT2D eigenvalue weighted by atomic mass is 32.1. The Kier molecular flexibility index (Phi) is 6.58. The van der Waals surface area contributed by atoms with Gasteiger partial charge in [-0.05, 0) is 44.4 Å². The summed E-state index contributed by atoms with van der Waals surface area (Å²) in [6.07, 6.45) is 3.77. The summed E-state index contributed by atoms with van der Waals surface area (Å²) in [7, 11) is 1.76. The van der Waals surface area contributed by atoms with Crippen LogP contribution in [0.4, 0.5) is 5.69 Å². The smallest absolute Gasteiger partial charge is 0.252 e. The highest BCUT2D eigenvalue weighted by Crippen LogP contribution is 2.35. The maximum absolute atomic E-state index is 12.9. The van der Waals surface area contributed by atoms with Gasteiger partial charge in [0, 0.05) is 44.3 Å². The van der Waals surface area contributed by atoms with Crippen LogP contribution in [0.25, 0.3) is 21.3 Å². The summed E-state index contributed by atoms with van der Waals surface area (Å²) >= 11 is 1.75. The lowest BCUT2D eigenvalue weighted by Crippen LogP contribution is -2.58. The Morgan fingerprint density at radius 1 is 1.19 bits per heavy atom. The maximum Gasteiger partial charge on any atom is 0.252 e. The summed E-state index contributed by atoms with van der Waals surface area (Å²) < 4.78 is 4.49. The number of nitrogens with zero attached hydrogens (tertiary/aromatic N) is 7. The molecule has 1 aromatic carbocycles. The third-order valence-electron chi connectivity index (χ3n) is 7.66. The van der Waals surface area contributed by atoms with E-state index >= 15 is 0 Å². The van der Waals surface area contributed by atoms with Gasteiger partial charge in [-0.1, -0.05) is 19.9 Å². The lowest BCUT2D eigenvalue weighted by atomic mass is 9.96. The Morgan fingerprint density at radius 3 is 2.69 bits per heavy atom. The van der Waals surface area contributed by atoms with E-state index in [-0.39, 0.29) is 24.2 Å². The molecule has 0 bridgehead atoms. The predicted molar refractivity (Wildman–Crippen MR) is 146 cm³/mol. The first kappa shape index (κ1) is 24.5. The van der Waals surface area contributed by atoms with Crippen LogP contribution in [0.15, 0.2) is 35.3 Å². The topological polar surface area (TPSA) is 83.0 Å². The molecule has 9 heteroatoms. The van der Waals surface area contributed by atoms with Gasteiger partial charge >= 0.3 is 0 Å². The molecule has 0 radical (unpaired) electrons. The molecule has 1 saturated heterocycles. The standard InChI is InChI=1S/C27H33N7OS/c1-6-20-15-34(23-13-26(35)31(5)24-16-32(11-10-28)30-27(23)24)21(7-2)14-33(20)17(3)19-8-9-22-25(12-19)36-18(4)29-22/h8-9,12-13,16-17,20-21H,6-7,11,14-15H2,1-5H3/t17-,20-,21+/m1/s1. The number of hydrogen-bond donors (Lipinski definition) is 0. The average molecular weight is 504 g/mol. The predicted octanol–water partition coefficient (Wildman–Crippen LogP) is 4.62. The van der Waals surface area contributed by atoms with E-state index in [1.54, 1.807) is 39.9 Å². The maximum atomic E-state index is 12.9. The summed E-state index contributed by atoms with van der Waals surface area (Å²) in [6.45, 7) is 10.7. The summed E-state index contributed by atoms with van der Waals surface area (Å²) in [4.78, 5) is 22.5. The van der Waals surface area contributed by atoms with Crippen molar-refractivity contribution in [2.24, 2.45) is 7.05 Å². The van der Waals surface area contributed by atoms with Crippen LogP contribution in [0, 0.1) is 18.3 Å². The molecule has 0 N–H and O–H groups in total. The zero-order valence-electron chi connectivity index (χ0n) is 21.6. The van der Waals surface area contributed by atoms with Crippen molar-refractivity contribution in [1.82, 2.24) is 24.2 Å². The molecule has 3 aromatic heterocycles. The molecule has 188 valence electrons. The zero-order chi connectivity index (χ0) is 25.6. The first-order valence-electron chi connectivity index (χ1n) is 12.7. The fourth-order valence-electron chi connectivity index (χ4n) is 5.57. The van der Waals surface area contributed by atoms with E-state index < -0.39 is 0 Å². The number of anilines is 1. The van der Waals surface area contributed by atoms with Gasteiger partial charge in [0.25, 0.3) is 5.56 Å². The molecule has 3 atom stereocenters. The SMILES string of the molecule is CC[C@H]1CN([C@H](C)c2ccc3nc(C)sc3c2)[C@H](CC)CN1c1cc(=O)n(C)c2cn(CC#N)nc12. The number of rotatable bonds is 6. The van der Waals surface area contributed by atoms with Crippen LogP contribution in [0.5, 0.6) is 0 Å². The number of hydrogen-bond acceptors (Lipinski definition) is 7. The fourth-order valence-corrected chi connectivity index (χ4v) is 6.45. The Balaban J connectivity index is 1.50. The minimum absolute atomic E-state index is 0.0548. The molecule has 5 rings (SSSR count). The van der Waals surface area contributed by atoms with Crippen LogP contribution in [-0.4, -0.2) is 49.4 Å². The van der Waals surface area contributed by atoms with Crippen molar-refractivity contribution in [2.45, 2.75) is 65.2 Å². The van der Waals surface area contributed by atoms with Gasteiger partial charge in [0.05, 0.1) is 38.7 Å². The van der Waals surface area contributed by atoms with Crippen molar-refractivity contribution in [3.8, 4) is 6.07 Å². The summed E-state index contributed by atoms with van der Waals surface area (Å²) in [5.74, 6) is 0. The molecular formula is C27H33N7OS. The second-order valence-corrected chi connectivity index (χ2v) is 11.0. The van der Waals surface area contributed by atoms with Gasteiger partial charge in [0.2, 0.25) is 0 Å². The second-order valence-electron chi connectivity index (χ2n) is 9.75. The van der Waals surface area contributed by atoms with Crippen LogP contribution in [0.2, 0.25) is 0 Å². The van der Waals surface area contributed by atoms with Crippen LogP contribution < -0.4 is 10.5 Å². The van der Waals surface area contributed by atoms with E-state index in [0.29, 0.717) is 6.04 Å². The van der Waals surface area contributed by atoms with E-state index in [1.165, 1.54) is 10.3 Å². The monoisotopic (exact) mass is 503 g/mol. The third-order valence-corrected chi connectivity index (χ3v) is 8.59. The first-order chi connectivity index (χ1) is 17.3. The minimum atomic E-state index is -0.0548. The molecule has 4 heterocycles. The van der Waals surface area contributed by atoms with Crippen LogP contribution >= 0.6 is 11.3 Å². The van der Waals surface area contributed by atoms with E-state index in [0.717, 1.165) is 53.2 Å². The molecule has 1 fully saturated rings. The van der Waals surface area contributed by atoms with Crippen LogP contribution in [0.1, 0.15) is 50.2 Å². The zero-order valence-corrected chi connectivity index (χ0v) is 22.4. The van der Waals surface area contributed by atoms with Crippen molar-refractivity contribution in [1.29, 1.82) is 5.26 Å². The van der Waals surface area contributed by atoms with Gasteiger partial charge in [-0.3, -0.25) is 14.4 Å². The molecule has 0 unspecified atom stereocenters. The van der Waals surface area contributed by atoms with Crippen molar-refractivity contribution in [3.05, 3.63) is 51.4 Å². The molecule has 0 saturated carbocycles. The lowest BCUT2D eigenvalue weighted by Gasteiger charge is -2.49. The Labute approximate surface area is 215 Å². The third kappa shape index (κ3) is 4.18. The number of fused-ring (bicyclic) bond motifs is 2. The first-order valence-corrected chi connectivity index (χ1v) is 13.5. The molecule has 1 aliphatic rings. The fraction of sp³-hybridized carbons (Fsp3) is 0.481. The van der Waals surface area contributed by atoms with Crippen molar-refractivity contribution >= 4 is 38.3 Å². The van der Waals surface area contributed by atoms with Crippen molar-refractivity contribution in [2.75, 3.05) is 18.0 Å². The van der Waals surface area contributed by atoms with E-state index in [4.69, 9.17) is 5.10 Å². The number of aromatic nitrogens is 4. The van der Waals surface area contributed by atoms with Gasteiger partial charge in [-0.25, -0.2) is 4.98 Å². The lowest BCUT2D eigenvalue weighted by molar-refractivity contribution is 0.101. The highest BCUT2D eigenvalue weighted by Gasteiger charge is 2.36. The number of pyridine rings is 1. The normalized spacial score (nSPS) is 19.7. The summed E-state index contributed by atoms with van der Waals surface area (Å²) in [6, 6.07) is 11.4. The molecule has 0 spiro atoms. The van der Waals surface area contributed by atoms with E-state index in [2.05, 4.69) is 66.7 Å². The van der Waals surface area contributed by atoms with E-state index in [1.807, 2.05) is 0 Å². The Hall–Kier alpha value is -3.22. The van der Waals surface area contributed by atoms with Gasteiger partial charge in [0.15, 0.2) is 0 Å². The van der Waals surface area contributed by atoms with Crippen LogP contribution in [-0.2, 0) is 13.6 Å². The molecule has 1 aliphatic heterocycles. The molecule has 8 nitrogen and oxygen atoms in total. The van der Waals surface area contributed by atoms with Crippen molar-refractivity contribution in [3.63, 3.8) is 0 Å². The number of piperazine rings is 1. The number of benzene rings is 1. The summed E-state index contributed by atoms with van der Waals surface area (Å²) in [5.41, 5.74) is 4.76. The van der Waals surface area contributed by atoms with Gasteiger partial charge < -0.3 is 9.47 Å². The van der Waals surface area contributed by atoms with Gasteiger partial charge in [0.1, 0.15) is 12.1 Å². The molecular weight excluding hydrogens is 470 g/mol.